The first kappa shape index (κ1) is 18.9. The average molecular weight is 365 g/mol. The summed E-state index contributed by atoms with van der Waals surface area (Å²) in [4.78, 5) is 37.1. The number of methoxy groups -OCH3 is 2. The molecular weight excluding hydrogens is 346 g/mol. The van der Waals surface area contributed by atoms with E-state index in [1.807, 2.05) is 6.92 Å². The SMILES string of the molecule is CCOC(=O)CN1C(=O)S/C(=C\c2ccc(OC)c(C)c2OC)C1=O. The van der Waals surface area contributed by atoms with Crippen LogP contribution in [-0.2, 0) is 14.3 Å². The maximum absolute atomic E-state index is 12.4. The largest absolute Gasteiger partial charge is 0.496 e. The lowest BCUT2D eigenvalue weighted by molar-refractivity contribution is -0.145. The second-order valence-electron chi connectivity index (χ2n) is 5.09. The molecule has 0 aromatic heterocycles. The molecule has 1 aliphatic heterocycles. The first-order valence-electron chi connectivity index (χ1n) is 7.55. The Bertz CT molecular complexity index is 743. The van der Waals surface area contributed by atoms with Gasteiger partial charge in [-0.25, -0.2) is 0 Å². The summed E-state index contributed by atoms with van der Waals surface area (Å²) in [5, 5.41) is -0.506. The summed E-state index contributed by atoms with van der Waals surface area (Å²) in [6.07, 6.45) is 1.57. The summed E-state index contributed by atoms with van der Waals surface area (Å²) in [6, 6.07) is 3.50. The highest BCUT2D eigenvalue weighted by Crippen LogP contribution is 2.37. The van der Waals surface area contributed by atoms with E-state index < -0.39 is 23.7 Å². The van der Waals surface area contributed by atoms with Crippen LogP contribution in [-0.4, -0.2) is 49.4 Å². The van der Waals surface area contributed by atoms with Crippen molar-refractivity contribution >= 4 is 35.0 Å². The standard InChI is InChI=1S/C17H19NO6S/c1-5-24-14(19)9-18-16(20)13(25-17(18)21)8-11-6-7-12(22-3)10(2)15(11)23-4/h6-8H,5,9H2,1-4H3/b13-8-. The Morgan fingerprint density at radius 2 is 1.96 bits per heavy atom. The smallest absolute Gasteiger partial charge is 0.326 e. The van der Waals surface area contributed by atoms with E-state index in [2.05, 4.69) is 0 Å². The number of rotatable bonds is 6. The number of benzene rings is 1. The zero-order valence-corrected chi connectivity index (χ0v) is 15.3. The summed E-state index contributed by atoms with van der Waals surface area (Å²) < 4.78 is 15.4. The maximum atomic E-state index is 12.4. The van der Waals surface area contributed by atoms with Gasteiger partial charge >= 0.3 is 5.97 Å². The number of amides is 2. The zero-order chi connectivity index (χ0) is 18.6. The number of esters is 1. The average Bonchev–Trinajstić information content (AvgIpc) is 2.83. The van der Waals surface area contributed by atoms with Crippen molar-refractivity contribution in [1.82, 2.24) is 4.90 Å². The molecule has 0 saturated carbocycles. The number of hydrogen-bond acceptors (Lipinski definition) is 7. The maximum Gasteiger partial charge on any atom is 0.326 e. The minimum atomic E-state index is -0.621. The normalized spacial score (nSPS) is 15.7. The molecule has 1 aliphatic rings. The van der Waals surface area contributed by atoms with E-state index in [-0.39, 0.29) is 11.5 Å². The van der Waals surface area contributed by atoms with E-state index in [9.17, 15) is 14.4 Å². The molecule has 1 aromatic carbocycles. The molecular formula is C17H19NO6S. The summed E-state index contributed by atoms with van der Waals surface area (Å²) in [6.45, 7) is 3.28. The van der Waals surface area contributed by atoms with Crippen molar-refractivity contribution in [2.75, 3.05) is 27.4 Å². The highest BCUT2D eigenvalue weighted by molar-refractivity contribution is 8.18. The van der Waals surface area contributed by atoms with Crippen LogP contribution < -0.4 is 9.47 Å². The van der Waals surface area contributed by atoms with Crippen molar-refractivity contribution in [3.8, 4) is 11.5 Å². The summed E-state index contributed by atoms with van der Waals surface area (Å²) in [7, 11) is 3.08. The lowest BCUT2D eigenvalue weighted by atomic mass is 10.1. The van der Waals surface area contributed by atoms with Gasteiger partial charge in [0.15, 0.2) is 0 Å². The molecule has 1 aromatic rings. The van der Waals surface area contributed by atoms with Gasteiger partial charge in [0, 0.05) is 11.1 Å². The number of hydrogen-bond donors (Lipinski definition) is 0. The van der Waals surface area contributed by atoms with Gasteiger partial charge in [0.1, 0.15) is 18.0 Å². The third-order valence-electron chi connectivity index (χ3n) is 3.56. The van der Waals surface area contributed by atoms with Crippen LogP contribution in [0, 0.1) is 6.92 Å². The third-order valence-corrected chi connectivity index (χ3v) is 4.47. The van der Waals surface area contributed by atoms with Gasteiger partial charge < -0.3 is 14.2 Å². The number of nitrogens with zero attached hydrogens (tertiary/aromatic N) is 1. The van der Waals surface area contributed by atoms with Crippen LogP contribution in [0.3, 0.4) is 0 Å². The number of imide groups is 1. The minimum absolute atomic E-state index is 0.188. The Hall–Kier alpha value is -2.48. The van der Waals surface area contributed by atoms with E-state index >= 15 is 0 Å². The molecule has 0 aliphatic carbocycles. The molecule has 8 heteroatoms. The Kier molecular flexibility index (Phi) is 6.08. The predicted octanol–water partition coefficient (Wildman–Crippen LogP) is 2.61. The highest BCUT2D eigenvalue weighted by Gasteiger charge is 2.36. The van der Waals surface area contributed by atoms with Crippen molar-refractivity contribution in [3.63, 3.8) is 0 Å². The van der Waals surface area contributed by atoms with Crippen LogP contribution in [0.2, 0.25) is 0 Å². The number of carbonyl (C=O) groups is 3. The Labute approximate surface area is 149 Å². The first-order chi connectivity index (χ1) is 11.9. The summed E-state index contributed by atoms with van der Waals surface area (Å²) in [5.41, 5.74) is 1.42. The van der Waals surface area contributed by atoms with Gasteiger partial charge in [-0.05, 0) is 43.8 Å². The fourth-order valence-corrected chi connectivity index (χ4v) is 3.24. The second kappa shape index (κ2) is 8.06. The molecule has 2 amide bonds. The van der Waals surface area contributed by atoms with Crippen molar-refractivity contribution in [3.05, 3.63) is 28.2 Å². The Morgan fingerprint density at radius 3 is 2.56 bits per heavy atom. The molecule has 0 N–H and O–H groups in total. The highest BCUT2D eigenvalue weighted by atomic mass is 32.2. The third kappa shape index (κ3) is 3.96. The van der Waals surface area contributed by atoms with E-state index in [1.54, 1.807) is 32.2 Å². The monoisotopic (exact) mass is 365 g/mol. The molecule has 1 saturated heterocycles. The lowest BCUT2D eigenvalue weighted by Crippen LogP contribution is -2.34. The molecule has 25 heavy (non-hydrogen) atoms. The molecule has 0 atom stereocenters. The van der Waals surface area contributed by atoms with Gasteiger partial charge in [0.05, 0.1) is 25.7 Å². The fourth-order valence-electron chi connectivity index (χ4n) is 2.41. The topological polar surface area (TPSA) is 82.1 Å². The number of thioether (sulfide) groups is 1. The van der Waals surface area contributed by atoms with Crippen molar-refractivity contribution in [2.45, 2.75) is 13.8 Å². The molecule has 0 unspecified atom stereocenters. The Morgan fingerprint density at radius 1 is 1.24 bits per heavy atom. The van der Waals surface area contributed by atoms with Crippen LogP contribution in [0.1, 0.15) is 18.1 Å². The lowest BCUT2D eigenvalue weighted by Gasteiger charge is -2.13. The van der Waals surface area contributed by atoms with Gasteiger partial charge in [0.2, 0.25) is 0 Å². The van der Waals surface area contributed by atoms with Gasteiger partial charge in [-0.2, -0.15) is 0 Å². The van der Waals surface area contributed by atoms with Crippen molar-refractivity contribution in [2.24, 2.45) is 0 Å². The van der Waals surface area contributed by atoms with Crippen LogP contribution in [0.5, 0.6) is 11.5 Å². The van der Waals surface area contributed by atoms with E-state index in [0.717, 1.165) is 22.2 Å². The zero-order valence-electron chi connectivity index (χ0n) is 14.5. The Balaban J connectivity index is 2.31. The van der Waals surface area contributed by atoms with E-state index in [1.165, 1.54) is 7.11 Å². The fraction of sp³-hybridized carbons (Fsp3) is 0.353. The summed E-state index contributed by atoms with van der Waals surface area (Å²) >= 11 is 0.776. The van der Waals surface area contributed by atoms with Crippen LogP contribution >= 0.6 is 11.8 Å². The van der Waals surface area contributed by atoms with E-state index in [4.69, 9.17) is 14.2 Å². The molecule has 0 spiro atoms. The molecule has 7 nitrogen and oxygen atoms in total. The van der Waals surface area contributed by atoms with Crippen LogP contribution in [0.25, 0.3) is 6.08 Å². The van der Waals surface area contributed by atoms with Crippen molar-refractivity contribution in [1.29, 1.82) is 0 Å². The molecule has 1 fully saturated rings. The quantitative estimate of drug-likeness (QED) is 0.566. The van der Waals surface area contributed by atoms with Gasteiger partial charge in [-0.15, -0.1) is 0 Å². The molecule has 2 rings (SSSR count). The molecule has 134 valence electrons. The first-order valence-corrected chi connectivity index (χ1v) is 8.37. The number of carbonyl (C=O) groups excluding carboxylic acids is 3. The van der Waals surface area contributed by atoms with Crippen LogP contribution in [0.15, 0.2) is 17.0 Å². The van der Waals surface area contributed by atoms with Crippen LogP contribution in [0.4, 0.5) is 4.79 Å². The molecule has 1 heterocycles. The minimum Gasteiger partial charge on any atom is -0.496 e. The predicted molar refractivity (Wildman–Crippen MR) is 93.6 cm³/mol. The summed E-state index contributed by atoms with van der Waals surface area (Å²) in [5.74, 6) is 0.0588. The van der Waals surface area contributed by atoms with Gasteiger partial charge in [-0.3, -0.25) is 19.3 Å². The van der Waals surface area contributed by atoms with Gasteiger partial charge in [0.25, 0.3) is 11.1 Å². The van der Waals surface area contributed by atoms with Crippen molar-refractivity contribution < 1.29 is 28.6 Å². The van der Waals surface area contributed by atoms with E-state index in [0.29, 0.717) is 17.1 Å². The number of ether oxygens (including phenoxy) is 3. The second-order valence-corrected chi connectivity index (χ2v) is 6.08. The van der Waals surface area contributed by atoms with Gasteiger partial charge in [-0.1, -0.05) is 0 Å². The molecule has 0 radical (unpaired) electrons. The molecule has 0 bridgehead atoms.